The Morgan fingerprint density at radius 1 is 1.29 bits per heavy atom. The highest BCUT2D eigenvalue weighted by Crippen LogP contribution is 2.25. The number of rotatable bonds is 3. The molecule has 0 saturated carbocycles. The average Bonchev–Trinajstić information content (AvgIpc) is 2.62. The van der Waals surface area contributed by atoms with Crippen LogP contribution in [0, 0.1) is 13.8 Å². The zero-order valence-corrected chi connectivity index (χ0v) is 11.7. The monoisotopic (exact) mass is 294 g/mol. The minimum atomic E-state index is 0.680. The van der Waals surface area contributed by atoms with E-state index in [-0.39, 0.29) is 0 Å². The normalized spacial score (nSPS) is 10.6. The van der Waals surface area contributed by atoms with Gasteiger partial charge in [-0.25, -0.2) is 0 Å². The number of nitrogens with zero attached hydrogens (tertiary/aromatic N) is 3. The summed E-state index contributed by atoms with van der Waals surface area (Å²) in [5.41, 5.74) is 3.61. The molecule has 0 bridgehead atoms. The molecule has 1 N–H and O–H groups in total. The molecule has 2 rings (SSSR count). The molecule has 5 heteroatoms. The summed E-state index contributed by atoms with van der Waals surface area (Å²) in [4.78, 5) is 0. The molecule has 0 amide bonds. The first-order valence-corrected chi connectivity index (χ1v) is 6.20. The summed E-state index contributed by atoms with van der Waals surface area (Å²) in [6.45, 7) is 4.87. The highest BCUT2D eigenvalue weighted by Gasteiger charge is 2.06. The largest absolute Gasteiger partial charge is 0.377 e. The Morgan fingerprint density at radius 3 is 2.47 bits per heavy atom. The van der Waals surface area contributed by atoms with Gasteiger partial charge >= 0.3 is 0 Å². The van der Waals surface area contributed by atoms with Gasteiger partial charge in [-0.3, -0.25) is 0 Å². The SMILES string of the molecule is Cc1cc(Br)cc(C)c1NCc1nncn1C. The second-order valence-electron chi connectivity index (χ2n) is 4.13. The molecular formula is C12H15BrN4. The van der Waals surface area contributed by atoms with Crippen molar-refractivity contribution in [2.24, 2.45) is 7.05 Å². The van der Waals surface area contributed by atoms with Crippen LogP contribution in [-0.4, -0.2) is 14.8 Å². The van der Waals surface area contributed by atoms with Crippen molar-refractivity contribution >= 4 is 21.6 Å². The standard InChI is InChI=1S/C12H15BrN4/c1-8-4-10(13)5-9(2)12(8)14-6-11-16-15-7-17(11)3/h4-5,7,14H,6H2,1-3H3. The van der Waals surface area contributed by atoms with Crippen LogP contribution in [0.4, 0.5) is 5.69 Å². The molecule has 0 aliphatic rings. The number of aryl methyl sites for hydroxylation is 3. The minimum Gasteiger partial charge on any atom is -0.377 e. The highest BCUT2D eigenvalue weighted by atomic mass is 79.9. The number of anilines is 1. The lowest BCUT2D eigenvalue weighted by molar-refractivity contribution is 0.811. The van der Waals surface area contributed by atoms with Crippen molar-refractivity contribution in [1.29, 1.82) is 0 Å². The number of hydrogen-bond donors (Lipinski definition) is 1. The molecule has 17 heavy (non-hydrogen) atoms. The van der Waals surface area contributed by atoms with Crippen LogP contribution >= 0.6 is 15.9 Å². The molecule has 4 nitrogen and oxygen atoms in total. The Labute approximate surface area is 109 Å². The molecule has 0 aliphatic carbocycles. The van der Waals surface area contributed by atoms with Crippen LogP contribution in [0.2, 0.25) is 0 Å². The van der Waals surface area contributed by atoms with E-state index in [9.17, 15) is 0 Å². The lowest BCUT2D eigenvalue weighted by Gasteiger charge is -2.12. The van der Waals surface area contributed by atoms with E-state index in [0.717, 1.165) is 16.0 Å². The average molecular weight is 295 g/mol. The summed E-state index contributed by atoms with van der Waals surface area (Å²) in [6, 6.07) is 4.21. The Bertz CT molecular complexity index is 510. The van der Waals surface area contributed by atoms with Crippen LogP contribution in [0.5, 0.6) is 0 Å². The molecule has 1 aromatic heterocycles. The van der Waals surface area contributed by atoms with Crippen molar-refractivity contribution in [3.63, 3.8) is 0 Å². The topological polar surface area (TPSA) is 42.7 Å². The van der Waals surface area contributed by atoms with Crippen molar-refractivity contribution in [2.45, 2.75) is 20.4 Å². The molecule has 0 saturated heterocycles. The first-order valence-electron chi connectivity index (χ1n) is 5.41. The Morgan fingerprint density at radius 2 is 1.94 bits per heavy atom. The van der Waals surface area contributed by atoms with Crippen molar-refractivity contribution in [3.8, 4) is 0 Å². The Hall–Kier alpha value is -1.36. The number of benzene rings is 1. The van der Waals surface area contributed by atoms with Gasteiger partial charge in [0.05, 0.1) is 6.54 Å². The predicted molar refractivity (Wildman–Crippen MR) is 71.9 cm³/mol. The molecule has 2 aromatic rings. The molecule has 0 atom stereocenters. The van der Waals surface area contributed by atoms with Crippen LogP contribution in [0.3, 0.4) is 0 Å². The lowest BCUT2D eigenvalue weighted by Crippen LogP contribution is -2.07. The van der Waals surface area contributed by atoms with E-state index in [2.05, 4.69) is 57.4 Å². The van der Waals surface area contributed by atoms with Gasteiger partial charge in [0, 0.05) is 17.2 Å². The fraction of sp³-hybridized carbons (Fsp3) is 0.333. The Balaban J connectivity index is 2.17. The van der Waals surface area contributed by atoms with Gasteiger partial charge in [-0.15, -0.1) is 10.2 Å². The van der Waals surface area contributed by atoms with E-state index < -0.39 is 0 Å². The Kier molecular flexibility index (Phi) is 3.47. The van der Waals surface area contributed by atoms with Crippen molar-refractivity contribution < 1.29 is 0 Å². The minimum absolute atomic E-state index is 0.680. The number of halogens is 1. The number of hydrogen-bond acceptors (Lipinski definition) is 3. The van der Waals surface area contributed by atoms with Crippen molar-refractivity contribution in [1.82, 2.24) is 14.8 Å². The van der Waals surface area contributed by atoms with Crippen LogP contribution in [-0.2, 0) is 13.6 Å². The van der Waals surface area contributed by atoms with Crippen LogP contribution < -0.4 is 5.32 Å². The van der Waals surface area contributed by atoms with E-state index in [1.165, 1.54) is 11.1 Å². The fourth-order valence-corrected chi connectivity index (χ4v) is 2.51. The third-order valence-electron chi connectivity index (χ3n) is 2.73. The molecular weight excluding hydrogens is 280 g/mol. The molecule has 0 aliphatic heterocycles. The van der Waals surface area contributed by atoms with Gasteiger partial charge in [-0.05, 0) is 37.1 Å². The maximum absolute atomic E-state index is 4.05. The fourth-order valence-electron chi connectivity index (χ4n) is 1.82. The molecule has 90 valence electrons. The summed E-state index contributed by atoms with van der Waals surface area (Å²) < 4.78 is 3.02. The molecule has 1 aromatic carbocycles. The van der Waals surface area contributed by atoms with Crippen LogP contribution in [0.25, 0.3) is 0 Å². The highest BCUT2D eigenvalue weighted by molar-refractivity contribution is 9.10. The smallest absolute Gasteiger partial charge is 0.151 e. The molecule has 1 heterocycles. The summed E-state index contributed by atoms with van der Waals surface area (Å²) in [5.74, 6) is 0.923. The van der Waals surface area contributed by atoms with Gasteiger partial charge in [0.2, 0.25) is 0 Å². The molecule has 0 spiro atoms. The number of nitrogens with one attached hydrogen (secondary N) is 1. The maximum atomic E-state index is 4.05. The van der Waals surface area contributed by atoms with E-state index in [1.54, 1.807) is 6.33 Å². The van der Waals surface area contributed by atoms with E-state index in [4.69, 9.17) is 0 Å². The van der Waals surface area contributed by atoms with Crippen molar-refractivity contribution in [3.05, 3.63) is 39.9 Å². The zero-order chi connectivity index (χ0) is 12.4. The summed E-state index contributed by atoms with van der Waals surface area (Å²) in [6.07, 6.45) is 1.71. The first-order chi connectivity index (χ1) is 8.08. The molecule has 0 fully saturated rings. The zero-order valence-electron chi connectivity index (χ0n) is 10.2. The van der Waals surface area contributed by atoms with Gasteiger partial charge in [-0.1, -0.05) is 15.9 Å². The predicted octanol–water partition coefficient (Wildman–Crippen LogP) is 2.81. The third-order valence-corrected chi connectivity index (χ3v) is 3.18. The van der Waals surface area contributed by atoms with E-state index >= 15 is 0 Å². The maximum Gasteiger partial charge on any atom is 0.151 e. The summed E-state index contributed by atoms with van der Waals surface area (Å²) in [7, 11) is 1.94. The van der Waals surface area contributed by atoms with Gasteiger partial charge in [-0.2, -0.15) is 0 Å². The van der Waals surface area contributed by atoms with Gasteiger partial charge in [0.25, 0.3) is 0 Å². The third kappa shape index (κ3) is 2.66. The van der Waals surface area contributed by atoms with Crippen LogP contribution in [0.15, 0.2) is 22.9 Å². The molecule has 0 unspecified atom stereocenters. The molecule has 0 radical (unpaired) electrons. The van der Waals surface area contributed by atoms with Gasteiger partial charge in [0.15, 0.2) is 5.82 Å². The second-order valence-corrected chi connectivity index (χ2v) is 5.04. The second kappa shape index (κ2) is 4.87. The quantitative estimate of drug-likeness (QED) is 0.947. The van der Waals surface area contributed by atoms with E-state index in [0.29, 0.717) is 6.54 Å². The van der Waals surface area contributed by atoms with Gasteiger partial charge in [0.1, 0.15) is 6.33 Å². The lowest BCUT2D eigenvalue weighted by atomic mass is 10.1. The van der Waals surface area contributed by atoms with Crippen LogP contribution in [0.1, 0.15) is 17.0 Å². The summed E-state index contributed by atoms with van der Waals surface area (Å²) in [5, 5.41) is 11.3. The van der Waals surface area contributed by atoms with Crippen molar-refractivity contribution in [2.75, 3.05) is 5.32 Å². The first kappa shape index (κ1) is 12.1. The summed E-state index contributed by atoms with van der Waals surface area (Å²) >= 11 is 3.49. The van der Waals surface area contributed by atoms with Gasteiger partial charge < -0.3 is 9.88 Å². The number of aromatic nitrogens is 3. The van der Waals surface area contributed by atoms with E-state index in [1.807, 2.05) is 11.6 Å².